The van der Waals surface area contributed by atoms with E-state index in [2.05, 4.69) is 5.10 Å². The van der Waals surface area contributed by atoms with Crippen molar-refractivity contribution >= 4 is 16.6 Å². The largest absolute Gasteiger partial charge is 0.491 e. The summed E-state index contributed by atoms with van der Waals surface area (Å²) in [6, 6.07) is 14.8. The van der Waals surface area contributed by atoms with Crippen LogP contribution in [0.1, 0.15) is 0 Å². The molecule has 0 fully saturated rings. The van der Waals surface area contributed by atoms with Crippen LogP contribution in [0.4, 0.5) is 5.82 Å². The Morgan fingerprint density at radius 2 is 2.00 bits per heavy atom. The fourth-order valence-electron chi connectivity index (χ4n) is 2.32. The maximum atomic E-state index is 10.8. The first-order chi connectivity index (χ1) is 11.1. The van der Waals surface area contributed by atoms with Crippen LogP contribution in [-0.2, 0) is 6.54 Å². The third kappa shape index (κ3) is 3.46. The van der Waals surface area contributed by atoms with Crippen LogP contribution >= 0.6 is 0 Å². The van der Waals surface area contributed by atoms with Crippen molar-refractivity contribution < 1.29 is 14.8 Å². The molecule has 7 heteroatoms. The van der Waals surface area contributed by atoms with E-state index in [9.17, 15) is 15.2 Å². The summed E-state index contributed by atoms with van der Waals surface area (Å²) in [5, 5.41) is 26.8. The first-order valence-corrected chi connectivity index (χ1v) is 7.09. The number of benzene rings is 2. The average molecular weight is 313 g/mol. The number of rotatable bonds is 6. The van der Waals surface area contributed by atoms with Gasteiger partial charge in [0.2, 0.25) is 0 Å². The van der Waals surface area contributed by atoms with Gasteiger partial charge in [0.1, 0.15) is 25.0 Å². The Hall–Kier alpha value is -2.93. The van der Waals surface area contributed by atoms with Crippen LogP contribution in [0.5, 0.6) is 5.75 Å². The average Bonchev–Trinajstić information content (AvgIpc) is 3.01. The van der Waals surface area contributed by atoms with Gasteiger partial charge in [0, 0.05) is 0 Å². The zero-order valence-corrected chi connectivity index (χ0v) is 12.2. The number of aromatic nitrogens is 2. The molecular formula is C16H15N3O4. The minimum absolute atomic E-state index is 0.00308. The minimum Gasteiger partial charge on any atom is -0.491 e. The number of fused-ring (bicyclic) bond motifs is 1. The lowest BCUT2D eigenvalue weighted by molar-refractivity contribution is -0.392. The van der Waals surface area contributed by atoms with Crippen LogP contribution in [0.25, 0.3) is 10.8 Å². The van der Waals surface area contributed by atoms with E-state index < -0.39 is 11.0 Å². The number of hydrogen-bond donors (Lipinski definition) is 1. The Kier molecular flexibility index (Phi) is 4.20. The van der Waals surface area contributed by atoms with Crippen molar-refractivity contribution in [3.63, 3.8) is 0 Å². The van der Waals surface area contributed by atoms with Gasteiger partial charge in [-0.25, -0.2) is 0 Å². The highest BCUT2D eigenvalue weighted by Gasteiger charge is 2.18. The lowest BCUT2D eigenvalue weighted by atomic mass is 10.1. The summed E-state index contributed by atoms with van der Waals surface area (Å²) in [5.41, 5.74) is 0. The van der Waals surface area contributed by atoms with Crippen LogP contribution in [-0.4, -0.2) is 32.5 Å². The highest BCUT2D eigenvalue weighted by molar-refractivity contribution is 5.83. The lowest BCUT2D eigenvalue weighted by Gasteiger charge is -2.11. The first kappa shape index (κ1) is 15.0. The zero-order valence-electron chi connectivity index (χ0n) is 12.2. The second-order valence-electron chi connectivity index (χ2n) is 5.10. The standard InChI is InChI=1S/C16H15N3O4/c20-14(10-18-16(19(21)22)7-8-17-18)11-23-15-6-5-12-3-1-2-4-13(12)9-15/h1-9,14,20H,10-11H2/t14-/m0/s1. The number of hydrogen-bond acceptors (Lipinski definition) is 5. The SMILES string of the molecule is O=[N+]([O-])c1ccnn1C[C@H](O)COc1ccc2ccccc2c1. The molecule has 0 radical (unpaired) electrons. The monoisotopic (exact) mass is 313 g/mol. The van der Waals surface area contributed by atoms with Crippen LogP contribution in [0, 0.1) is 10.1 Å². The summed E-state index contributed by atoms with van der Waals surface area (Å²) >= 11 is 0. The molecule has 3 aromatic rings. The van der Waals surface area contributed by atoms with E-state index in [-0.39, 0.29) is 19.0 Å². The molecule has 2 aromatic carbocycles. The van der Waals surface area contributed by atoms with Gasteiger partial charge in [0.15, 0.2) is 0 Å². The molecule has 0 aliphatic heterocycles. The Bertz CT molecular complexity index is 831. The molecular weight excluding hydrogens is 298 g/mol. The number of aliphatic hydroxyl groups excluding tert-OH is 1. The molecule has 118 valence electrons. The van der Waals surface area contributed by atoms with Gasteiger partial charge in [-0.1, -0.05) is 35.4 Å². The molecule has 7 nitrogen and oxygen atoms in total. The lowest BCUT2D eigenvalue weighted by Crippen LogP contribution is -2.24. The van der Waals surface area contributed by atoms with Crippen molar-refractivity contribution in [2.75, 3.05) is 6.61 Å². The van der Waals surface area contributed by atoms with Gasteiger partial charge < -0.3 is 20.0 Å². The number of ether oxygens (including phenoxy) is 1. The third-order valence-corrected chi connectivity index (χ3v) is 3.43. The summed E-state index contributed by atoms with van der Waals surface area (Å²) in [7, 11) is 0. The van der Waals surface area contributed by atoms with E-state index in [1.54, 1.807) is 0 Å². The molecule has 0 spiro atoms. The van der Waals surface area contributed by atoms with E-state index >= 15 is 0 Å². The molecule has 0 aliphatic rings. The van der Waals surface area contributed by atoms with Crippen molar-refractivity contribution in [1.82, 2.24) is 9.78 Å². The predicted molar refractivity (Wildman–Crippen MR) is 84.3 cm³/mol. The van der Waals surface area contributed by atoms with Gasteiger partial charge in [-0.05, 0) is 27.8 Å². The molecule has 3 rings (SSSR count). The summed E-state index contributed by atoms with van der Waals surface area (Å²) < 4.78 is 6.71. The smallest absolute Gasteiger partial charge is 0.344 e. The second-order valence-corrected chi connectivity index (χ2v) is 5.10. The molecule has 0 unspecified atom stereocenters. The van der Waals surface area contributed by atoms with Crippen LogP contribution in [0.3, 0.4) is 0 Å². The van der Waals surface area contributed by atoms with Crippen LogP contribution in [0.15, 0.2) is 54.7 Å². The Morgan fingerprint density at radius 3 is 2.78 bits per heavy atom. The number of nitro groups is 1. The third-order valence-electron chi connectivity index (χ3n) is 3.43. The maximum Gasteiger partial charge on any atom is 0.344 e. The van der Waals surface area contributed by atoms with E-state index in [0.29, 0.717) is 5.75 Å². The van der Waals surface area contributed by atoms with E-state index in [4.69, 9.17) is 4.74 Å². The van der Waals surface area contributed by atoms with Gasteiger partial charge in [0.05, 0.1) is 12.3 Å². The van der Waals surface area contributed by atoms with Gasteiger partial charge in [-0.15, -0.1) is 4.68 Å². The van der Waals surface area contributed by atoms with Crippen molar-refractivity contribution in [3.8, 4) is 5.75 Å². The van der Waals surface area contributed by atoms with Crippen LogP contribution < -0.4 is 4.74 Å². The zero-order chi connectivity index (χ0) is 16.2. The van der Waals surface area contributed by atoms with E-state index in [0.717, 1.165) is 15.5 Å². The molecule has 1 N–H and O–H groups in total. The quantitative estimate of drug-likeness (QED) is 0.557. The summed E-state index contributed by atoms with van der Waals surface area (Å²) in [5.74, 6) is 0.479. The molecule has 23 heavy (non-hydrogen) atoms. The highest BCUT2D eigenvalue weighted by Crippen LogP contribution is 2.20. The molecule has 1 aromatic heterocycles. The first-order valence-electron chi connectivity index (χ1n) is 7.09. The van der Waals surface area contributed by atoms with Gasteiger partial charge in [-0.2, -0.15) is 0 Å². The normalized spacial score (nSPS) is 12.2. The fraction of sp³-hybridized carbons (Fsp3) is 0.188. The van der Waals surface area contributed by atoms with E-state index in [1.807, 2.05) is 42.5 Å². The second kappa shape index (κ2) is 6.45. The molecule has 0 aliphatic carbocycles. The molecule has 0 amide bonds. The van der Waals surface area contributed by atoms with Crippen molar-refractivity contribution in [1.29, 1.82) is 0 Å². The van der Waals surface area contributed by atoms with Crippen LogP contribution in [0.2, 0.25) is 0 Å². The van der Waals surface area contributed by atoms with Crippen molar-refractivity contribution in [2.45, 2.75) is 12.6 Å². The molecule has 0 bridgehead atoms. The van der Waals surface area contributed by atoms with Crippen molar-refractivity contribution in [2.24, 2.45) is 0 Å². The highest BCUT2D eigenvalue weighted by atomic mass is 16.6. The van der Waals surface area contributed by atoms with E-state index in [1.165, 1.54) is 12.3 Å². The van der Waals surface area contributed by atoms with Gasteiger partial charge in [0.25, 0.3) is 0 Å². The maximum absolute atomic E-state index is 10.8. The molecule has 1 heterocycles. The Balaban J connectivity index is 1.62. The number of aliphatic hydroxyl groups is 1. The Labute approximate surface area is 131 Å². The Morgan fingerprint density at radius 1 is 1.22 bits per heavy atom. The molecule has 0 saturated heterocycles. The van der Waals surface area contributed by atoms with Gasteiger partial charge >= 0.3 is 5.82 Å². The topological polar surface area (TPSA) is 90.4 Å². The predicted octanol–water partition coefficient (Wildman–Crippen LogP) is 2.38. The van der Waals surface area contributed by atoms with Gasteiger partial charge in [-0.3, -0.25) is 0 Å². The minimum atomic E-state index is -0.903. The molecule has 0 saturated carbocycles. The van der Waals surface area contributed by atoms with Crippen molar-refractivity contribution in [3.05, 3.63) is 64.8 Å². The molecule has 1 atom stereocenters. The summed E-state index contributed by atoms with van der Waals surface area (Å²) in [6.45, 7) is 0.0201. The summed E-state index contributed by atoms with van der Waals surface area (Å²) in [4.78, 5) is 10.3. The number of nitrogens with zero attached hydrogens (tertiary/aromatic N) is 3. The summed E-state index contributed by atoms with van der Waals surface area (Å²) in [6.07, 6.45) is 0.426. The fourth-order valence-corrected chi connectivity index (χ4v) is 2.32.